The molecule has 1 rings (SSSR count). The van der Waals surface area contributed by atoms with Crippen molar-refractivity contribution in [1.82, 2.24) is 5.32 Å². The highest BCUT2D eigenvalue weighted by atomic mass is 16.5. The van der Waals surface area contributed by atoms with Gasteiger partial charge in [-0.2, -0.15) is 0 Å². The van der Waals surface area contributed by atoms with Gasteiger partial charge < -0.3 is 10.1 Å². The molecule has 0 spiro atoms. The van der Waals surface area contributed by atoms with Gasteiger partial charge in [0.1, 0.15) is 12.4 Å². The molecular weight excluding hydrogens is 186 g/mol. The van der Waals surface area contributed by atoms with E-state index in [4.69, 9.17) is 4.74 Å². The van der Waals surface area contributed by atoms with Crippen molar-refractivity contribution >= 4 is 0 Å². The zero-order valence-electron chi connectivity index (χ0n) is 9.55. The minimum absolute atomic E-state index is 0.451. The maximum absolute atomic E-state index is 5.59. The molecule has 82 valence electrons. The van der Waals surface area contributed by atoms with E-state index in [1.807, 2.05) is 12.2 Å². The molecule has 0 aromatic carbocycles. The smallest absolute Gasteiger partial charge is 0.142 e. The van der Waals surface area contributed by atoms with Crippen LogP contribution in [0.4, 0.5) is 0 Å². The van der Waals surface area contributed by atoms with Crippen LogP contribution in [0.1, 0.15) is 13.8 Å². The van der Waals surface area contributed by atoms with Gasteiger partial charge in [-0.15, -0.1) is 0 Å². The van der Waals surface area contributed by atoms with Crippen molar-refractivity contribution in [3.63, 3.8) is 0 Å². The van der Waals surface area contributed by atoms with E-state index in [1.54, 1.807) is 6.08 Å². The zero-order chi connectivity index (χ0) is 11.3. The lowest BCUT2D eigenvalue weighted by atomic mass is 10.0. The van der Waals surface area contributed by atoms with Gasteiger partial charge in [0.2, 0.25) is 0 Å². The van der Waals surface area contributed by atoms with Crippen molar-refractivity contribution in [3.8, 4) is 0 Å². The van der Waals surface area contributed by atoms with Crippen LogP contribution in [0.3, 0.4) is 0 Å². The molecule has 0 aromatic heterocycles. The zero-order valence-corrected chi connectivity index (χ0v) is 9.55. The molecule has 2 nitrogen and oxygen atoms in total. The molecule has 0 saturated carbocycles. The van der Waals surface area contributed by atoms with Crippen LogP contribution in [0.25, 0.3) is 0 Å². The van der Waals surface area contributed by atoms with Crippen molar-refractivity contribution in [2.24, 2.45) is 5.92 Å². The predicted octanol–water partition coefficient (Wildman–Crippen LogP) is 2.77. The number of hydrogen-bond acceptors (Lipinski definition) is 2. The second kappa shape index (κ2) is 5.44. The van der Waals surface area contributed by atoms with Gasteiger partial charge in [-0.3, -0.25) is 0 Å². The molecule has 0 saturated heterocycles. The van der Waals surface area contributed by atoms with Gasteiger partial charge in [-0.1, -0.05) is 33.1 Å². The minimum atomic E-state index is 0.451. The first-order valence-corrected chi connectivity index (χ1v) is 5.26. The molecule has 1 aliphatic rings. The fraction of sp³-hybridized carbons (Fsp3) is 0.385. The highest BCUT2D eigenvalue weighted by Crippen LogP contribution is 2.18. The number of rotatable bonds is 4. The Labute approximate surface area is 92.0 Å². The minimum Gasteiger partial charge on any atom is -0.490 e. The SMILES string of the molecule is C=CC1=C(/C=C(\C=C)C(C)C)OCCN1. The molecule has 0 aliphatic carbocycles. The molecule has 0 aromatic rings. The average Bonchev–Trinajstić information content (AvgIpc) is 2.25. The van der Waals surface area contributed by atoms with E-state index in [-0.39, 0.29) is 0 Å². The van der Waals surface area contributed by atoms with Crippen LogP contribution in [0.2, 0.25) is 0 Å². The molecule has 0 radical (unpaired) electrons. The molecule has 0 unspecified atom stereocenters. The van der Waals surface area contributed by atoms with Crippen molar-refractivity contribution in [2.75, 3.05) is 13.2 Å². The first-order chi connectivity index (χ1) is 7.19. The lowest BCUT2D eigenvalue weighted by molar-refractivity contribution is 0.205. The normalized spacial score (nSPS) is 17.1. The number of ether oxygens (including phenoxy) is 1. The molecule has 1 aliphatic heterocycles. The molecule has 1 heterocycles. The van der Waals surface area contributed by atoms with Crippen LogP contribution in [0, 0.1) is 5.92 Å². The van der Waals surface area contributed by atoms with E-state index in [2.05, 4.69) is 32.3 Å². The monoisotopic (exact) mass is 205 g/mol. The largest absolute Gasteiger partial charge is 0.490 e. The number of nitrogens with one attached hydrogen (secondary N) is 1. The van der Waals surface area contributed by atoms with E-state index in [9.17, 15) is 0 Å². The maximum atomic E-state index is 5.59. The molecular formula is C13H19NO. The van der Waals surface area contributed by atoms with Gasteiger partial charge in [0.15, 0.2) is 0 Å². The van der Waals surface area contributed by atoms with Gasteiger partial charge >= 0.3 is 0 Å². The third kappa shape index (κ3) is 3.01. The quantitative estimate of drug-likeness (QED) is 0.713. The third-order valence-corrected chi connectivity index (χ3v) is 2.34. The number of hydrogen-bond donors (Lipinski definition) is 1. The Morgan fingerprint density at radius 2 is 2.20 bits per heavy atom. The summed E-state index contributed by atoms with van der Waals surface area (Å²) in [7, 11) is 0. The summed E-state index contributed by atoms with van der Waals surface area (Å²) in [5, 5.41) is 3.24. The topological polar surface area (TPSA) is 21.3 Å². The summed E-state index contributed by atoms with van der Waals surface area (Å²) in [5.74, 6) is 1.31. The van der Waals surface area contributed by atoms with E-state index < -0.39 is 0 Å². The Bertz CT molecular complexity index is 310. The molecule has 2 heteroatoms. The lowest BCUT2D eigenvalue weighted by Crippen LogP contribution is -2.25. The van der Waals surface area contributed by atoms with Crippen LogP contribution in [-0.4, -0.2) is 13.2 Å². The highest BCUT2D eigenvalue weighted by Gasteiger charge is 2.10. The first kappa shape index (κ1) is 11.6. The molecule has 0 amide bonds. The Morgan fingerprint density at radius 1 is 1.47 bits per heavy atom. The van der Waals surface area contributed by atoms with Gasteiger partial charge in [0, 0.05) is 6.54 Å². The molecule has 1 N–H and O–H groups in total. The Morgan fingerprint density at radius 3 is 2.73 bits per heavy atom. The summed E-state index contributed by atoms with van der Waals surface area (Å²) in [5.41, 5.74) is 2.13. The highest BCUT2D eigenvalue weighted by molar-refractivity contribution is 5.34. The maximum Gasteiger partial charge on any atom is 0.142 e. The second-order valence-corrected chi connectivity index (χ2v) is 3.76. The summed E-state index contributed by atoms with van der Waals surface area (Å²) in [6.45, 7) is 13.4. The van der Waals surface area contributed by atoms with Crippen LogP contribution in [0.15, 0.2) is 48.4 Å². The fourth-order valence-electron chi connectivity index (χ4n) is 1.42. The average molecular weight is 205 g/mol. The van der Waals surface area contributed by atoms with Crippen LogP contribution in [0.5, 0.6) is 0 Å². The first-order valence-electron chi connectivity index (χ1n) is 5.26. The summed E-state index contributed by atoms with van der Waals surface area (Å²) >= 11 is 0. The van der Waals surface area contributed by atoms with Gasteiger partial charge in [0.25, 0.3) is 0 Å². The summed E-state index contributed by atoms with van der Waals surface area (Å²) in [4.78, 5) is 0. The molecule has 15 heavy (non-hydrogen) atoms. The van der Waals surface area contributed by atoms with Crippen LogP contribution < -0.4 is 5.32 Å². The molecule has 0 fully saturated rings. The van der Waals surface area contributed by atoms with E-state index in [0.717, 1.165) is 18.0 Å². The van der Waals surface area contributed by atoms with Crippen LogP contribution >= 0.6 is 0 Å². The lowest BCUT2D eigenvalue weighted by Gasteiger charge is -2.20. The molecule has 0 atom stereocenters. The van der Waals surface area contributed by atoms with E-state index >= 15 is 0 Å². The Balaban J connectivity index is 2.98. The third-order valence-electron chi connectivity index (χ3n) is 2.34. The standard InChI is InChI=1S/C13H19NO/c1-5-11(10(3)4)9-13-12(6-2)14-7-8-15-13/h5-6,9-10,14H,1-2,7-8H2,3-4H3/b11-9+. The van der Waals surface area contributed by atoms with E-state index in [1.165, 1.54) is 5.57 Å². The van der Waals surface area contributed by atoms with Crippen molar-refractivity contribution < 1.29 is 4.74 Å². The van der Waals surface area contributed by atoms with Crippen molar-refractivity contribution in [1.29, 1.82) is 0 Å². The summed E-state index contributed by atoms with van der Waals surface area (Å²) in [6.07, 6.45) is 5.68. The van der Waals surface area contributed by atoms with Crippen molar-refractivity contribution in [2.45, 2.75) is 13.8 Å². The van der Waals surface area contributed by atoms with E-state index in [0.29, 0.717) is 12.5 Å². The number of allylic oxidation sites excluding steroid dienone is 4. The van der Waals surface area contributed by atoms with Gasteiger partial charge in [-0.05, 0) is 23.6 Å². The van der Waals surface area contributed by atoms with Crippen molar-refractivity contribution in [3.05, 3.63) is 48.4 Å². The second-order valence-electron chi connectivity index (χ2n) is 3.76. The van der Waals surface area contributed by atoms with Gasteiger partial charge in [0.05, 0.1) is 5.70 Å². The Hall–Kier alpha value is -1.44. The van der Waals surface area contributed by atoms with Crippen LogP contribution in [-0.2, 0) is 4.74 Å². The summed E-state index contributed by atoms with van der Waals surface area (Å²) < 4.78 is 5.59. The Kier molecular flexibility index (Phi) is 4.22. The molecule has 0 bridgehead atoms. The predicted molar refractivity (Wildman–Crippen MR) is 64.3 cm³/mol. The van der Waals surface area contributed by atoms with Gasteiger partial charge in [-0.25, -0.2) is 0 Å². The fourth-order valence-corrected chi connectivity index (χ4v) is 1.42. The summed E-state index contributed by atoms with van der Waals surface area (Å²) in [6, 6.07) is 0.